The molecule has 7 nitrogen and oxygen atoms in total. The highest BCUT2D eigenvalue weighted by molar-refractivity contribution is 5.89. The van der Waals surface area contributed by atoms with Gasteiger partial charge < -0.3 is 15.6 Å². The number of ether oxygens (including phenoxy) is 1. The van der Waals surface area contributed by atoms with Gasteiger partial charge in [-0.15, -0.1) is 0 Å². The average molecular weight is 362 g/mol. The number of nitrogens with two attached hydrogens (primary N) is 1. The summed E-state index contributed by atoms with van der Waals surface area (Å²) in [5, 5.41) is 10.2. The maximum Gasteiger partial charge on any atom is 0.338 e. The van der Waals surface area contributed by atoms with Crippen molar-refractivity contribution in [1.82, 2.24) is 15.0 Å². The van der Waals surface area contributed by atoms with Crippen molar-refractivity contribution in [2.45, 2.75) is 26.4 Å². The van der Waals surface area contributed by atoms with Gasteiger partial charge in [0.15, 0.2) is 5.65 Å². The first-order valence-corrected chi connectivity index (χ1v) is 8.19. The molecule has 0 saturated carbocycles. The molecule has 0 bridgehead atoms. The van der Waals surface area contributed by atoms with Gasteiger partial charge in [0.05, 0.1) is 10.9 Å². The third-order valence-electron chi connectivity index (χ3n) is 3.42. The quantitative estimate of drug-likeness (QED) is 0.505. The maximum absolute atomic E-state index is 12.0. The zero-order valence-corrected chi connectivity index (χ0v) is 15.1. The summed E-state index contributed by atoms with van der Waals surface area (Å²) in [5.41, 5.74) is 7.01. The van der Waals surface area contributed by atoms with E-state index in [0.717, 1.165) is 5.56 Å². The lowest BCUT2D eigenvalue weighted by atomic mass is 10.1. The Morgan fingerprint density at radius 2 is 1.78 bits per heavy atom. The highest BCUT2D eigenvalue weighted by Gasteiger charge is 2.17. The zero-order valence-electron chi connectivity index (χ0n) is 15.1. The molecule has 136 valence electrons. The summed E-state index contributed by atoms with van der Waals surface area (Å²) in [7, 11) is 0. The van der Waals surface area contributed by atoms with Crippen molar-refractivity contribution in [2.24, 2.45) is 0 Å². The number of anilines is 1. The molecule has 0 aliphatic rings. The second-order valence-electron chi connectivity index (χ2n) is 6.83. The number of aromatic nitrogens is 3. The molecule has 27 heavy (non-hydrogen) atoms. The van der Waals surface area contributed by atoms with Gasteiger partial charge in [-0.2, -0.15) is 9.97 Å². The lowest BCUT2D eigenvalue weighted by Gasteiger charge is -2.19. The molecule has 0 aliphatic carbocycles. The number of hydrogen-bond acceptors (Lipinski definition) is 7. The Hall–Kier alpha value is -3.66. The van der Waals surface area contributed by atoms with E-state index in [-0.39, 0.29) is 17.8 Å². The van der Waals surface area contributed by atoms with E-state index in [1.165, 1.54) is 6.20 Å². The van der Waals surface area contributed by atoms with Crippen molar-refractivity contribution in [2.75, 3.05) is 5.73 Å². The summed E-state index contributed by atoms with van der Waals surface area (Å²) >= 11 is 0. The summed E-state index contributed by atoms with van der Waals surface area (Å²) in [6.07, 6.45) is 1.54. The van der Waals surface area contributed by atoms with Gasteiger partial charge in [-0.1, -0.05) is 11.8 Å². The van der Waals surface area contributed by atoms with E-state index in [0.29, 0.717) is 22.2 Å². The molecule has 0 amide bonds. The highest BCUT2D eigenvalue weighted by atomic mass is 16.6. The smallest absolute Gasteiger partial charge is 0.338 e. The van der Waals surface area contributed by atoms with Crippen LogP contribution in [0.4, 0.5) is 5.95 Å². The average Bonchev–Trinajstić information content (AvgIpc) is 2.59. The van der Waals surface area contributed by atoms with Crippen LogP contribution in [0.2, 0.25) is 0 Å². The van der Waals surface area contributed by atoms with Crippen LogP contribution >= 0.6 is 0 Å². The van der Waals surface area contributed by atoms with Gasteiger partial charge in [0.1, 0.15) is 5.60 Å². The number of nitrogens with zero attached hydrogens (tertiary/aromatic N) is 3. The van der Waals surface area contributed by atoms with Crippen LogP contribution in [0.5, 0.6) is 5.88 Å². The molecule has 0 spiro atoms. The zero-order chi connectivity index (χ0) is 19.6. The molecule has 2 aromatic heterocycles. The predicted octanol–water partition coefficient (Wildman–Crippen LogP) is 2.67. The Morgan fingerprint density at radius 3 is 2.44 bits per heavy atom. The monoisotopic (exact) mass is 362 g/mol. The molecule has 7 heteroatoms. The van der Waals surface area contributed by atoms with Crippen molar-refractivity contribution in [3.8, 4) is 17.7 Å². The van der Waals surface area contributed by atoms with E-state index in [2.05, 4.69) is 26.8 Å². The third kappa shape index (κ3) is 4.50. The van der Waals surface area contributed by atoms with E-state index in [1.54, 1.807) is 30.3 Å². The minimum absolute atomic E-state index is 0.0450. The number of carbonyl (C=O) groups is 1. The van der Waals surface area contributed by atoms with Crippen LogP contribution < -0.4 is 5.73 Å². The summed E-state index contributed by atoms with van der Waals surface area (Å²) in [4.78, 5) is 23.8. The second-order valence-corrected chi connectivity index (χ2v) is 6.83. The number of pyridine rings is 1. The number of aromatic hydroxyl groups is 1. The molecule has 1 aromatic carbocycles. The van der Waals surface area contributed by atoms with Crippen LogP contribution in [-0.4, -0.2) is 31.6 Å². The minimum atomic E-state index is -0.543. The highest BCUT2D eigenvalue weighted by Crippen LogP contribution is 2.21. The Kier molecular flexibility index (Phi) is 4.65. The molecule has 0 radical (unpaired) electrons. The molecular weight excluding hydrogens is 344 g/mol. The molecule has 0 atom stereocenters. The fraction of sp³-hybridized carbons (Fsp3) is 0.200. The van der Waals surface area contributed by atoms with Crippen LogP contribution in [-0.2, 0) is 4.74 Å². The first-order chi connectivity index (χ1) is 12.7. The summed E-state index contributed by atoms with van der Waals surface area (Å²) in [6.45, 7) is 5.46. The van der Waals surface area contributed by atoms with Crippen molar-refractivity contribution in [1.29, 1.82) is 0 Å². The number of rotatable bonds is 1. The first-order valence-electron chi connectivity index (χ1n) is 8.19. The Morgan fingerprint density at radius 1 is 1.11 bits per heavy atom. The van der Waals surface area contributed by atoms with E-state index >= 15 is 0 Å². The van der Waals surface area contributed by atoms with Gasteiger partial charge in [-0.25, -0.2) is 9.78 Å². The lowest BCUT2D eigenvalue weighted by molar-refractivity contribution is 0.00695. The number of esters is 1. The van der Waals surface area contributed by atoms with Crippen LogP contribution in [0.3, 0.4) is 0 Å². The van der Waals surface area contributed by atoms with Crippen LogP contribution in [0.15, 0.2) is 36.5 Å². The molecule has 0 unspecified atom stereocenters. The molecule has 0 fully saturated rings. The van der Waals surface area contributed by atoms with Gasteiger partial charge in [-0.3, -0.25) is 0 Å². The number of hydrogen-bond donors (Lipinski definition) is 2. The largest absolute Gasteiger partial charge is 0.493 e. The Bertz CT molecular complexity index is 1070. The van der Waals surface area contributed by atoms with E-state index in [1.807, 2.05) is 20.8 Å². The number of carbonyl (C=O) groups excluding carboxylic acids is 1. The maximum atomic E-state index is 12.0. The van der Waals surface area contributed by atoms with Crippen molar-refractivity contribution in [3.05, 3.63) is 53.2 Å². The topological polar surface area (TPSA) is 111 Å². The van der Waals surface area contributed by atoms with Crippen LogP contribution in [0.25, 0.3) is 11.0 Å². The van der Waals surface area contributed by atoms with Gasteiger partial charge in [0.2, 0.25) is 11.8 Å². The van der Waals surface area contributed by atoms with Gasteiger partial charge in [0, 0.05) is 17.3 Å². The third-order valence-corrected chi connectivity index (χ3v) is 3.42. The summed E-state index contributed by atoms with van der Waals surface area (Å²) in [5.74, 6) is 5.27. The lowest BCUT2D eigenvalue weighted by Crippen LogP contribution is -2.23. The van der Waals surface area contributed by atoms with Crippen LogP contribution in [0, 0.1) is 11.8 Å². The predicted molar refractivity (Wildman–Crippen MR) is 101 cm³/mol. The van der Waals surface area contributed by atoms with E-state index in [4.69, 9.17) is 10.5 Å². The van der Waals surface area contributed by atoms with E-state index < -0.39 is 5.60 Å². The minimum Gasteiger partial charge on any atom is -0.493 e. The van der Waals surface area contributed by atoms with Gasteiger partial charge in [0.25, 0.3) is 0 Å². The normalized spacial score (nSPS) is 10.9. The molecular formula is C20H18N4O3. The SMILES string of the molecule is CC(C)(C)OC(=O)c1ccc(C#Cc2cnc3nc(N)nc(O)c3c2)cc1. The van der Waals surface area contributed by atoms with Crippen molar-refractivity contribution >= 4 is 23.0 Å². The van der Waals surface area contributed by atoms with Crippen molar-refractivity contribution < 1.29 is 14.6 Å². The fourth-order valence-corrected chi connectivity index (χ4v) is 2.25. The molecule has 0 saturated heterocycles. The molecule has 3 rings (SSSR count). The standard InChI is InChI=1S/C20H18N4O3/c1-20(2,3)27-18(26)14-8-6-12(7-9-14)4-5-13-10-15-16(22-11-13)23-19(21)24-17(15)25/h6-11H,1-3H3,(H3,21,22,23,24,25). The van der Waals surface area contributed by atoms with Gasteiger partial charge in [-0.05, 0) is 51.1 Å². The number of fused-ring (bicyclic) bond motifs is 1. The Labute approximate surface area is 156 Å². The van der Waals surface area contributed by atoms with Crippen LogP contribution in [0.1, 0.15) is 42.3 Å². The second kappa shape index (κ2) is 6.92. The fourth-order valence-electron chi connectivity index (χ4n) is 2.25. The summed E-state index contributed by atoms with van der Waals surface area (Å²) < 4.78 is 5.33. The number of nitrogen functional groups attached to an aromatic ring is 1. The van der Waals surface area contributed by atoms with E-state index in [9.17, 15) is 9.90 Å². The number of benzene rings is 1. The van der Waals surface area contributed by atoms with Crippen molar-refractivity contribution in [3.63, 3.8) is 0 Å². The molecule has 0 aliphatic heterocycles. The molecule has 3 aromatic rings. The van der Waals surface area contributed by atoms with Gasteiger partial charge >= 0.3 is 5.97 Å². The molecule has 3 N–H and O–H groups in total. The first kappa shape index (κ1) is 18.1. The Balaban J connectivity index is 1.81. The molecule has 2 heterocycles. The summed E-state index contributed by atoms with van der Waals surface area (Å²) in [6, 6.07) is 8.45.